The summed E-state index contributed by atoms with van der Waals surface area (Å²) in [5, 5.41) is 18.3. The highest BCUT2D eigenvalue weighted by Gasteiger charge is 2.32. The summed E-state index contributed by atoms with van der Waals surface area (Å²) < 4.78 is 23.4. The van der Waals surface area contributed by atoms with Crippen molar-refractivity contribution >= 4 is 33.9 Å². The zero-order chi connectivity index (χ0) is 26.3. The van der Waals surface area contributed by atoms with Crippen LogP contribution in [0.25, 0.3) is 10.9 Å². The maximum atomic E-state index is 13.8. The second kappa shape index (κ2) is 10.1. The van der Waals surface area contributed by atoms with Gasteiger partial charge in [0.1, 0.15) is 11.9 Å². The first kappa shape index (κ1) is 22.6. The zero-order valence-corrected chi connectivity index (χ0v) is 20.9. The fraction of sp³-hybridized carbons (Fsp3) is 0.333. The van der Waals surface area contributed by atoms with Gasteiger partial charge in [-0.2, -0.15) is 5.26 Å². The molecule has 1 unspecified atom stereocenters. The molecule has 2 aromatic carbocycles. The number of nitriles is 1. The van der Waals surface area contributed by atoms with Crippen LogP contribution in [0.4, 0.5) is 15.8 Å². The largest absolute Gasteiger partial charge is 0.373 e. The van der Waals surface area contributed by atoms with Crippen LogP contribution < -0.4 is 21.7 Å². The van der Waals surface area contributed by atoms with Gasteiger partial charge in [-0.15, -0.1) is 5.53 Å². The van der Waals surface area contributed by atoms with Crippen molar-refractivity contribution in [1.29, 1.82) is 5.26 Å². The van der Waals surface area contributed by atoms with E-state index in [1.807, 2.05) is 17.3 Å². The smallest absolute Gasteiger partial charge is 0.123 e. The highest BCUT2D eigenvalue weighted by molar-refractivity contribution is 6.35. The molecule has 2 aliphatic heterocycles. The first-order valence-electron chi connectivity index (χ1n) is 13.0. The van der Waals surface area contributed by atoms with Crippen LogP contribution in [-0.4, -0.2) is 34.1 Å². The molecule has 10 heteroatoms. The first-order chi connectivity index (χ1) is 18.4. The fourth-order valence-corrected chi connectivity index (χ4v) is 5.03. The van der Waals surface area contributed by atoms with Gasteiger partial charge in [0.05, 0.1) is 34.9 Å². The van der Waals surface area contributed by atoms with E-state index < -0.39 is 6.02 Å². The van der Waals surface area contributed by atoms with Gasteiger partial charge >= 0.3 is 0 Å². The SMILES string of the molecule is [2H]C(Nc1cc(Cl)c2ncc(C#N)c(NN3CCCCC3)c2c1)(C1=CN(C2CC2)NN1)c1ccc(F)cc1. The van der Waals surface area contributed by atoms with Crippen LogP contribution in [0.2, 0.25) is 5.02 Å². The predicted molar refractivity (Wildman–Crippen MR) is 142 cm³/mol. The Kier molecular flexibility index (Phi) is 6.14. The molecule has 1 aromatic heterocycles. The minimum Gasteiger partial charge on any atom is -0.373 e. The van der Waals surface area contributed by atoms with Gasteiger partial charge in [-0.1, -0.05) is 30.2 Å². The van der Waals surface area contributed by atoms with Crippen LogP contribution in [0.15, 0.2) is 54.5 Å². The number of fused-ring (bicyclic) bond motifs is 1. The van der Waals surface area contributed by atoms with Gasteiger partial charge in [0.15, 0.2) is 0 Å². The molecule has 3 heterocycles. The first-order valence-corrected chi connectivity index (χ1v) is 12.9. The molecule has 4 N–H and O–H groups in total. The Hall–Kier alpha value is -3.58. The third kappa shape index (κ3) is 5.01. The van der Waals surface area contributed by atoms with E-state index in [2.05, 4.69) is 37.8 Å². The van der Waals surface area contributed by atoms with E-state index >= 15 is 0 Å². The van der Waals surface area contributed by atoms with Crippen molar-refractivity contribution < 1.29 is 5.76 Å². The normalized spacial score (nSPS) is 20.0. The molecule has 8 nitrogen and oxygen atoms in total. The van der Waals surface area contributed by atoms with Gasteiger partial charge in [0.25, 0.3) is 0 Å². The van der Waals surface area contributed by atoms with E-state index in [1.54, 1.807) is 18.2 Å². The molecule has 1 saturated heterocycles. The lowest BCUT2D eigenvalue weighted by Crippen LogP contribution is -2.38. The number of piperidine rings is 1. The molecular formula is C27H28ClFN8. The van der Waals surface area contributed by atoms with Gasteiger partial charge in [-0.05, 0) is 55.5 Å². The molecule has 6 rings (SSSR count). The molecule has 0 radical (unpaired) electrons. The number of benzene rings is 2. The average molecular weight is 520 g/mol. The van der Waals surface area contributed by atoms with Crippen LogP contribution >= 0.6 is 11.6 Å². The van der Waals surface area contributed by atoms with E-state index in [0.29, 0.717) is 50.2 Å². The quantitative estimate of drug-likeness (QED) is 0.339. The minimum absolute atomic E-state index is 0.375. The maximum Gasteiger partial charge on any atom is 0.123 e. The summed E-state index contributed by atoms with van der Waals surface area (Å²) in [6.45, 7) is 1.76. The Morgan fingerprint density at radius 2 is 1.97 bits per heavy atom. The molecular weight excluding hydrogens is 491 g/mol. The fourth-order valence-electron chi connectivity index (χ4n) is 4.76. The van der Waals surface area contributed by atoms with Crippen molar-refractivity contribution in [2.24, 2.45) is 0 Å². The Labute approximate surface area is 221 Å². The van der Waals surface area contributed by atoms with Gasteiger partial charge in [0, 0.05) is 42.6 Å². The van der Waals surface area contributed by atoms with Crippen LogP contribution in [0.5, 0.6) is 0 Å². The Balaban J connectivity index is 1.42. The Morgan fingerprint density at radius 1 is 1.19 bits per heavy atom. The number of nitrogens with one attached hydrogen (secondary N) is 4. The molecule has 190 valence electrons. The number of hydrogen-bond acceptors (Lipinski definition) is 8. The van der Waals surface area contributed by atoms with Crippen molar-refractivity contribution in [3.63, 3.8) is 0 Å². The number of pyridine rings is 1. The topological polar surface area (TPSA) is 91.3 Å². The lowest BCUT2D eigenvalue weighted by atomic mass is 10.0. The molecule has 0 amide bonds. The minimum atomic E-state index is -1.50. The average Bonchev–Trinajstić information content (AvgIpc) is 3.65. The second-order valence-corrected chi connectivity index (χ2v) is 10.0. The molecule has 1 aliphatic carbocycles. The molecule has 1 saturated carbocycles. The van der Waals surface area contributed by atoms with E-state index in [0.717, 1.165) is 38.8 Å². The highest BCUT2D eigenvalue weighted by atomic mass is 35.5. The van der Waals surface area contributed by atoms with Crippen LogP contribution in [0.1, 0.15) is 50.6 Å². The number of hydrogen-bond donors (Lipinski definition) is 4. The van der Waals surface area contributed by atoms with Gasteiger partial charge in [-0.3, -0.25) is 9.99 Å². The molecule has 37 heavy (non-hydrogen) atoms. The monoisotopic (exact) mass is 519 g/mol. The molecule has 3 aromatic rings. The Bertz CT molecular complexity index is 1430. The van der Waals surface area contributed by atoms with Crippen molar-refractivity contribution in [2.75, 3.05) is 23.8 Å². The third-order valence-electron chi connectivity index (χ3n) is 6.87. The number of halogens is 2. The predicted octanol–water partition coefficient (Wildman–Crippen LogP) is 5.19. The standard InChI is InChI=1S/C27H28ClFN8/c28-23-13-20(12-22-25(18(14-30)15-31-27(22)23)34-36-10-2-1-3-11-36)32-26(17-4-6-19(29)7-5-17)24-16-37(35-33-24)21-8-9-21/h4-7,12-13,15-16,21,26,32-33,35H,1-3,8-11H2,(H,31,34)/i26D. The van der Waals surface area contributed by atoms with E-state index in [9.17, 15) is 11.0 Å². The maximum absolute atomic E-state index is 13.8. The molecule has 0 bridgehead atoms. The molecule has 0 spiro atoms. The molecule has 3 aliphatic rings. The van der Waals surface area contributed by atoms with Crippen molar-refractivity contribution in [1.82, 2.24) is 26.0 Å². The number of rotatable bonds is 7. The van der Waals surface area contributed by atoms with Crippen molar-refractivity contribution in [3.8, 4) is 6.07 Å². The van der Waals surface area contributed by atoms with Gasteiger partial charge in [-0.25, -0.2) is 9.40 Å². The van der Waals surface area contributed by atoms with Gasteiger partial charge < -0.3 is 16.2 Å². The Morgan fingerprint density at radius 3 is 2.70 bits per heavy atom. The highest BCUT2D eigenvalue weighted by Crippen LogP contribution is 2.37. The van der Waals surface area contributed by atoms with Crippen molar-refractivity contribution in [2.45, 2.75) is 44.2 Å². The molecule has 1 atom stereocenters. The lowest BCUT2D eigenvalue weighted by molar-refractivity contribution is 0.260. The summed E-state index contributed by atoms with van der Waals surface area (Å²) in [5.74, 6) is -0.375. The van der Waals surface area contributed by atoms with Gasteiger partial charge in [0.2, 0.25) is 0 Å². The van der Waals surface area contributed by atoms with E-state index in [-0.39, 0.29) is 5.82 Å². The third-order valence-corrected chi connectivity index (χ3v) is 7.16. The summed E-state index contributed by atoms with van der Waals surface area (Å²) in [5.41, 5.74) is 13.0. The number of aromatic nitrogens is 1. The summed E-state index contributed by atoms with van der Waals surface area (Å²) in [6.07, 6.45) is 8.92. The van der Waals surface area contributed by atoms with Crippen LogP contribution in [0.3, 0.4) is 0 Å². The van der Waals surface area contributed by atoms with Crippen LogP contribution in [0, 0.1) is 17.1 Å². The summed E-state index contributed by atoms with van der Waals surface area (Å²) in [4.78, 5) is 4.45. The summed E-state index contributed by atoms with van der Waals surface area (Å²) in [6, 6.07) is 10.6. The van der Waals surface area contributed by atoms with Crippen molar-refractivity contribution in [3.05, 3.63) is 76.5 Å². The number of nitrogens with zero attached hydrogens (tertiary/aromatic N) is 4. The number of hydrazine groups is 3. The lowest BCUT2D eigenvalue weighted by Gasteiger charge is -2.29. The number of anilines is 2. The molecule has 2 fully saturated rings. The van der Waals surface area contributed by atoms with Crippen LogP contribution in [-0.2, 0) is 0 Å². The van der Waals surface area contributed by atoms with E-state index in [4.69, 9.17) is 11.6 Å². The second-order valence-electron chi connectivity index (χ2n) is 9.60. The summed E-state index contributed by atoms with van der Waals surface area (Å²) >= 11 is 6.71. The summed E-state index contributed by atoms with van der Waals surface area (Å²) in [7, 11) is 0. The van der Waals surface area contributed by atoms with E-state index in [1.165, 1.54) is 24.8 Å². The zero-order valence-electron chi connectivity index (χ0n) is 21.2.